The van der Waals surface area contributed by atoms with E-state index in [1.807, 2.05) is 9.80 Å². The van der Waals surface area contributed by atoms with E-state index in [4.69, 9.17) is 15.3 Å². The van der Waals surface area contributed by atoms with Gasteiger partial charge in [0.1, 0.15) is 40.0 Å². The summed E-state index contributed by atoms with van der Waals surface area (Å²) >= 11 is 2.30. The fourth-order valence-electron chi connectivity index (χ4n) is 8.39. The topological polar surface area (TPSA) is 119 Å². The largest absolute Gasteiger partial charge is 1.00 e. The summed E-state index contributed by atoms with van der Waals surface area (Å²) in [6.07, 6.45) is -20.6. The molecule has 0 atom stereocenters. The second kappa shape index (κ2) is 34.1. The molecule has 2 saturated heterocycles. The van der Waals surface area contributed by atoms with Crippen LogP contribution in [0.25, 0.3) is 21.1 Å². The molecule has 6 aromatic rings. The molecular formula is C57H58F17N6NaO3S2. The van der Waals surface area contributed by atoms with Crippen molar-refractivity contribution in [2.75, 3.05) is 26.2 Å². The molecule has 2 aromatic heterocycles. The van der Waals surface area contributed by atoms with E-state index in [1.54, 1.807) is 12.1 Å². The SMILES string of the molecule is C.C.C=C.N#Cc1ccc(F)cc1CC(F)F.N#Cc1ccc(OCc2sc(-c3ccc(C(F)(F)F)cc3)nc2CN2CCC(C(F)(F)F)CC2)cc1OC(F)F.OCc1sc(-c2ccc(C(F)(F)F)cc2)nc1CN1CCC(C(F)(F)F)CC1.[H-].[Na+]. The van der Waals surface area contributed by atoms with Crippen molar-refractivity contribution >= 4 is 22.7 Å². The molecule has 4 aromatic carbocycles. The number of nitrogens with zero attached hydrogens (tertiary/aromatic N) is 6. The molecule has 0 amide bonds. The van der Waals surface area contributed by atoms with Gasteiger partial charge in [0, 0.05) is 36.7 Å². The number of hydrogen-bond donors (Lipinski definition) is 1. The molecule has 0 unspecified atom stereocenters. The molecule has 0 radical (unpaired) electrons. The summed E-state index contributed by atoms with van der Waals surface area (Å²) in [6.45, 7) is 3.85. The molecule has 466 valence electrons. The average molecular weight is 1290 g/mol. The van der Waals surface area contributed by atoms with Crippen LogP contribution in [0, 0.1) is 40.3 Å². The zero-order valence-corrected chi connectivity index (χ0v) is 47.8. The van der Waals surface area contributed by atoms with Crippen molar-refractivity contribution in [3.63, 3.8) is 0 Å². The Hall–Kier alpha value is -5.85. The molecule has 1 N–H and O–H groups in total. The van der Waals surface area contributed by atoms with Crippen molar-refractivity contribution < 1.29 is 120 Å². The minimum Gasteiger partial charge on any atom is -1.00 e. The number of benzene rings is 4. The minimum atomic E-state index is -4.51. The molecule has 0 spiro atoms. The van der Waals surface area contributed by atoms with Crippen LogP contribution in [0.5, 0.6) is 11.5 Å². The Morgan fingerprint density at radius 2 is 1.05 bits per heavy atom. The molecule has 0 saturated carbocycles. The molecule has 29 heteroatoms. The molecule has 86 heavy (non-hydrogen) atoms. The standard InChI is InChI=1S/C26H21F8N3O2S.C18H18F6N2OS.C9H6F3N.C2H4.2CH4.Na.H/c27-24(28)39-21-11-19(6-3-16(21)12-35)38-14-22-20(13-37-9-7-18(8-10-37)26(32,33)34)36-23(40-22)15-1-4-17(5-2-15)25(29,30)31;19-17(20,21)12-3-1-11(2-4-12)16-25-14(15(10-27)28-16)9-26-7-5-13(6-8-26)18(22,23)24;10-8-2-1-6(5-13)7(3-8)4-9(11)12;1-2;;;;/h1-6,11,18,24H,7-10,13-14H2;1-4,13,27H,5-10H2;1-3,9H,4H2;1-2H2;2*1H4;;/q;;;;;;+1;-1. The van der Waals surface area contributed by atoms with Crippen LogP contribution in [-0.2, 0) is 45.1 Å². The van der Waals surface area contributed by atoms with Crippen molar-refractivity contribution in [3.8, 4) is 44.8 Å². The van der Waals surface area contributed by atoms with Crippen LogP contribution in [0.4, 0.5) is 74.6 Å². The second-order valence-corrected chi connectivity index (χ2v) is 20.4. The minimum absolute atomic E-state index is 0. The van der Waals surface area contributed by atoms with E-state index in [0.717, 1.165) is 53.8 Å². The molecule has 0 bridgehead atoms. The van der Waals surface area contributed by atoms with E-state index in [-0.39, 0.29) is 146 Å². The van der Waals surface area contributed by atoms with Gasteiger partial charge in [-0.15, -0.1) is 35.8 Å². The van der Waals surface area contributed by atoms with E-state index in [9.17, 15) is 79.7 Å². The molecule has 0 aliphatic carbocycles. The summed E-state index contributed by atoms with van der Waals surface area (Å²) in [5, 5.41) is 28.0. The van der Waals surface area contributed by atoms with Crippen LogP contribution in [-0.4, -0.2) is 76.4 Å². The van der Waals surface area contributed by atoms with E-state index < -0.39 is 72.9 Å². The Kier molecular flexibility index (Phi) is 30.2. The monoisotopic (exact) mass is 1280 g/mol. The van der Waals surface area contributed by atoms with Gasteiger partial charge in [0.25, 0.3) is 0 Å². The zero-order valence-electron chi connectivity index (χ0n) is 45.2. The van der Waals surface area contributed by atoms with Gasteiger partial charge in [-0.2, -0.15) is 72.0 Å². The van der Waals surface area contributed by atoms with Crippen molar-refractivity contribution in [2.24, 2.45) is 11.8 Å². The van der Waals surface area contributed by atoms with Gasteiger partial charge in [0.2, 0.25) is 6.43 Å². The van der Waals surface area contributed by atoms with E-state index in [2.05, 4.69) is 27.9 Å². The fraction of sp³-hybridized carbons (Fsp3) is 0.404. The molecule has 4 heterocycles. The normalized spacial score (nSPS) is 14.3. The Balaban J connectivity index is 0.000000701. The third-order valence-corrected chi connectivity index (χ3v) is 14.9. The number of piperidine rings is 2. The third-order valence-electron chi connectivity index (χ3n) is 12.7. The number of aromatic nitrogens is 2. The molecule has 2 aliphatic heterocycles. The summed E-state index contributed by atoms with van der Waals surface area (Å²) in [5.74, 6) is -3.55. The van der Waals surface area contributed by atoms with Crippen molar-refractivity contribution in [1.29, 1.82) is 10.5 Å². The second-order valence-electron chi connectivity index (χ2n) is 18.2. The van der Waals surface area contributed by atoms with Crippen LogP contribution in [0.3, 0.4) is 0 Å². The summed E-state index contributed by atoms with van der Waals surface area (Å²) in [5.41, 5.74) is 0.366. The number of nitriles is 2. The predicted octanol–water partition coefficient (Wildman–Crippen LogP) is 14.4. The first-order valence-electron chi connectivity index (χ1n) is 24.6. The van der Waals surface area contributed by atoms with Crippen molar-refractivity contribution in [1.82, 2.24) is 19.8 Å². The Bertz CT molecular complexity index is 3110. The Morgan fingerprint density at radius 1 is 0.628 bits per heavy atom. The van der Waals surface area contributed by atoms with Gasteiger partial charge >= 0.3 is 60.9 Å². The number of thiazole rings is 2. The smallest absolute Gasteiger partial charge is 1.00 e. The van der Waals surface area contributed by atoms with Gasteiger partial charge in [-0.25, -0.2) is 23.1 Å². The first-order valence-corrected chi connectivity index (χ1v) is 26.3. The number of likely N-dealkylation sites (tertiary alicyclic amines) is 2. The number of halogens is 17. The molecule has 9 nitrogen and oxygen atoms in total. The first-order chi connectivity index (χ1) is 39.0. The third kappa shape index (κ3) is 22.7. The van der Waals surface area contributed by atoms with Crippen molar-refractivity contribution in [3.05, 3.63) is 153 Å². The average Bonchev–Trinajstić information content (AvgIpc) is 2.30. The van der Waals surface area contributed by atoms with Gasteiger partial charge < -0.3 is 16.0 Å². The van der Waals surface area contributed by atoms with Gasteiger partial charge in [-0.05, 0) is 112 Å². The van der Waals surface area contributed by atoms with Crippen LogP contribution < -0.4 is 39.0 Å². The Morgan fingerprint density at radius 3 is 1.43 bits per heavy atom. The number of aliphatic hydroxyl groups is 1. The maximum Gasteiger partial charge on any atom is 1.00 e. The summed E-state index contributed by atoms with van der Waals surface area (Å²) < 4.78 is 227. The predicted molar refractivity (Wildman–Crippen MR) is 288 cm³/mol. The fourth-order valence-corrected chi connectivity index (χ4v) is 10.3. The van der Waals surface area contributed by atoms with Gasteiger partial charge in [-0.3, -0.25) is 9.80 Å². The van der Waals surface area contributed by atoms with Gasteiger partial charge in [-0.1, -0.05) is 39.1 Å². The molecule has 2 aliphatic rings. The number of aliphatic hydroxyl groups excluding tert-OH is 1. The summed E-state index contributed by atoms with van der Waals surface area (Å²) in [6, 6.07) is 19.5. The van der Waals surface area contributed by atoms with Crippen LogP contribution in [0.1, 0.15) is 90.9 Å². The molecular weight excluding hydrogens is 1230 g/mol. The maximum atomic E-state index is 13.1. The van der Waals surface area contributed by atoms with E-state index >= 15 is 0 Å². The first kappa shape index (κ1) is 76.2. The number of rotatable bonds is 14. The van der Waals surface area contributed by atoms with Crippen LogP contribution in [0.2, 0.25) is 0 Å². The molecule has 2 fully saturated rings. The number of hydrogen-bond acceptors (Lipinski definition) is 11. The van der Waals surface area contributed by atoms with E-state index in [1.165, 1.54) is 53.8 Å². The Labute approximate surface area is 517 Å². The summed E-state index contributed by atoms with van der Waals surface area (Å²) in [7, 11) is 0. The van der Waals surface area contributed by atoms with Gasteiger partial charge in [0.05, 0.1) is 67.9 Å². The van der Waals surface area contributed by atoms with Crippen molar-refractivity contribution in [2.45, 2.75) is 111 Å². The van der Waals surface area contributed by atoms with Crippen LogP contribution >= 0.6 is 22.7 Å². The number of alkyl halides is 16. The molecule has 8 rings (SSSR count). The van der Waals surface area contributed by atoms with Crippen LogP contribution in [0.15, 0.2) is 98.1 Å². The quantitative estimate of drug-likeness (QED) is 0.0646. The van der Waals surface area contributed by atoms with Gasteiger partial charge in [0.15, 0.2) is 0 Å². The maximum absolute atomic E-state index is 13.1. The zero-order chi connectivity index (χ0) is 61.5. The van der Waals surface area contributed by atoms with E-state index in [0.29, 0.717) is 48.8 Å². The summed E-state index contributed by atoms with van der Waals surface area (Å²) in [4.78, 5) is 13.8. The number of ether oxygens (including phenoxy) is 2.